The number of thioether (sulfide) groups is 1. The van der Waals surface area contributed by atoms with Crippen LogP contribution in [0.5, 0.6) is 5.75 Å². The van der Waals surface area contributed by atoms with Crippen molar-refractivity contribution < 1.29 is 152 Å². The number of hydroxylamine groups is 2. The summed E-state index contributed by atoms with van der Waals surface area (Å²) in [5.74, 6) is -6.05. The van der Waals surface area contributed by atoms with Gasteiger partial charge in [-0.05, 0) is 86.2 Å². The summed E-state index contributed by atoms with van der Waals surface area (Å²) in [6.45, 7) is 26.8. The van der Waals surface area contributed by atoms with Crippen molar-refractivity contribution in [1.29, 1.82) is 0 Å². The Kier molecular flexibility index (Phi) is 39.6. The minimum absolute atomic E-state index is 0.0444. The van der Waals surface area contributed by atoms with E-state index in [1.165, 1.54) is 18.2 Å². The lowest BCUT2D eigenvalue weighted by molar-refractivity contribution is -0.137. The first kappa shape index (κ1) is 93.6. The Morgan fingerprint density at radius 2 is 0.744 bits per heavy atom. The Bertz CT molecular complexity index is 4200. The van der Waals surface area contributed by atoms with Crippen molar-refractivity contribution in [3.05, 3.63) is 223 Å². The van der Waals surface area contributed by atoms with Crippen LogP contribution in [0.1, 0.15) is 159 Å². The number of benzene rings is 4. The number of ether oxygens (including phenoxy) is 4. The number of nitrogens with zero attached hydrogens (tertiary/aromatic N) is 1. The van der Waals surface area contributed by atoms with E-state index in [2.05, 4.69) is 62.0 Å². The Morgan fingerprint density at radius 3 is 1.13 bits per heavy atom. The highest BCUT2D eigenvalue weighted by molar-refractivity contribution is 9.10. The molecule has 4 aromatic carbocycles. The second-order valence-electron chi connectivity index (χ2n) is 24.9. The first-order chi connectivity index (χ1) is 56.0. The number of allylic oxidation sites excluding steroid dienone is 6. The molecule has 0 radical (unpaired) electrons. The number of hydrogen-bond acceptors (Lipinski definition) is 33. The maximum Gasteiger partial charge on any atom is 0.722 e. The van der Waals surface area contributed by atoms with E-state index in [4.69, 9.17) is 79.6 Å². The monoisotopic (exact) mass is 1700 g/mol. The van der Waals surface area contributed by atoms with Gasteiger partial charge in [-0.15, -0.1) is 0 Å². The predicted molar refractivity (Wildman–Crippen MR) is 423 cm³/mol. The number of halogens is 1. The molecule has 0 atom stereocenters. The number of Topliss-reactive ketones (excluding diaryl/α,β-unsaturated/α-hetero) is 1. The van der Waals surface area contributed by atoms with Crippen LogP contribution in [-0.2, 0) is 110 Å². The highest BCUT2D eigenvalue weighted by Gasteiger charge is 2.47. The SMILES string of the molecule is C=C1CCCC(=O)OB(C(=O)OCC(=O)c2ccccc2)O1.C=C1CCCC(=O)OB(C(=O)OCc2ccc(Br)cc2)O1.C=C1CCCC(=O)OB(C(=O)ON2C(=O)c3ccccc3C2=O)O1.C=C1CCCC(=O)OB(C(=O)Oc2ccccc2)O1.C=C1CCCC(=O)OB(C(=O)SCC)O1.C=CCOC(=O)B1OC(=C)CCCC(=O)O1. The number of ketones is 1. The van der Waals surface area contributed by atoms with E-state index in [0.717, 1.165) is 21.8 Å². The lowest BCUT2D eigenvalue weighted by Gasteiger charge is -2.20. The molecule has 33 nitrogen and oxygen atoms in total. The number of carbonyl (C=O) groups excluding carboxylic acids is 15. The van der Waals surface area contributed by atoms with Crippen LogP contribution in [0, 0.1) is 0 Å². The smallest absolute Gasteiger partial charge is 0.524 e. The molecule has 0 aliphatic carbocycles. The Morgan fingerprint density at radius 1 is 0.410 bits per heavy atom. The van der Waals surface area contributed by atoms with Crippen LogP contribution in [0.15, 0.2) is 200 Å². The average Bonchev–Trinajstić information content (AvgIpc) is 1.63. The molecule has 0 bridgehead atoms. The highest BCUT2D eigenvalue weighted by Crippen LogP contribution is 2.27. The molecule has 11 rings (SSSR count). The van der Waals surface area contributed by atoms with Crippen molar-refractivity contribution >= 4 is 158 Å². The number of carbonyl (C=O) groups is 15. The standard InChI is InChI=1S/C15H12BNO7.C15H15BO6.C14H14BBrO5.C13H13BO5.C10H13BO5.C9H13BO4S/c1-9-5-4-8-12(18)23-16(22-9)15(21)24-17-13(19)10-6-2-3-7-11(10)14(17)20;1-11-6-5-9-14(18)22-16(21-11)15(19)20-10-13(17)12-7-3-2-4-8-12;1-10-3-2-4-13(17)21-15(20-10)14(18)19-9-11-5-7-12(16)8-6-11;1-10-6-5-9-12(15)19-14(18-10)13(16)17-11-7-3-2-4-8-11;1-3-7-14-10(13)11-15-8(2)5-4-6-9(12)16-11;1-3-15-9(12)10-13-7(2)5-4-6-8(11)14-10/h2-3,6-7H,1,4-5,8H2;2-4,7-8H,1,5-6,9-10H2;5-8H,1-4,9H2;2-4,7-8H,1,5-6,9H2;3H,1-2,4-7H2;2-6H2,1H3. The largest absolute Gasteiger partial charge is 0.722 e. The van der Waals surface area contributed by atoms with E-state index >= 15 is 0 Å². The fourth-order valence-electron chi connectivity index (χ4n) is 9.80. The third-order valence-electron chi connectivity index (χ3n) is 15.5. The van der Waals surface area contributed by atoms with Crippen molar-refractivity contribution in [2.45, 2.75) is 129 Å². The molecule has 117 heavy (non-hydrogen) atoms. The maximum atomic E-state index is 12.1. The molecule has 7 aliphatic heterocycles. The van der Waals surface area contributed by atoms with Gasteiger partial charge < -0.3 is 79.6 Å². The highest BCUT2D eigenvalue weighted by atomic mass is 79.9. The maximum absolute atomic E-state index is 12.1. The summed E-state index contributed by atoms with van der Waals surface area (Å²) in [6.07, 6.45) is 9.18. The van der Waals surface area contributed by atoms with Gasteiger partial charge in [0.15, 0.2) is 12.4 Å². The molecule has 0 unspecified atom stereocenters. The van der Waals surface area contributed by atoms with Gasteiger partial charge in [-0.2, -0.15) is 0 Å². The van der Waals surface area contributed by atoms with Gasteiger partial charge >= 0.3 is 72.1 Å². The lowest BCUT2D eigenvalue weighted by atomic mass is 9.89. The van der Waals surface area contributed by atoms with Gasteiger partial charge in [-0.1, -0.05) is 165 Å². The fraction of sp³-hybridized carbons (Fsp3) is 0.303. The van der Waals surface area contributed by atoms with Gasteiger partial charge in [0.05, 0.1) is 45.7 Å². The lowest BCUT2D eigenvalue weighted by Crippen LogP contribution is -2.42. The summed E-state index contributed by atoms with van der Waals surface area (Å²) in [6, 6.07) is 30.3. The van der Waals surface area contributed by atoms with Crippen LogP contribution in [0.4, 0.5) is 28.8 Å². The number of hydrogen-bond donors (Lipinski definition) is 0. The van der Waals surface area contributed by atoms with Crippen molar-refractivity contribution in [3.63, 3.8) is 0 Å². The minimum atomic E-state index is -1.71. The summed E-state index contributed by atoms with van der Waals surface area (Å²) < 4.78 is 80.8. The summed E-state index contributed by atoms with van der Waals surface area (Å²) in [5, 5.41) is 0.0417. The number of fused-ring (bicyclic) bond motifs is 1. The normalized spacial score (nSPS) is 16.4. The molecule has 4 aromatic rings. The van der Waals surface area contributed by atoms with Gasteiger partial charge in [0.2, 0.25) is 5.01 Å². The molecular formula is C76H80B6BrNO32S. The van der Waals surface area contributed by atoms with Crippen molar-refractivity contribution in [1.82, 2.24) is 5.06 Å². The summed E-state index contributed by atoms with van der Waals surface area (Å²) in [4.78, 5) is 180. The van der Waals surface area contributed by atoms with E-state index in [-0.39, 0.29) is 73.0 Å². The van der Waals surface area contributed by atoms with Crippen LogP contribution in [-0.4, -0.2) is 155 Å². The van der Waals surface area contributed by atoms with Crippen LogP contribution in [0.25, 0.3) is 0 Å². The molecule has 41 heteroatoms. The zero-order chi connectivity index (χ0) is 85.3. The fourth-order valence-corrected chi connectivity index (χ4v) is 10.6. The molecule has 0 aromatic heterocycles. The Balaban J connectivity index is 0.000000220. The Hall–Kier alpha value is -12.3. The van der Waals surface area contributed by atoms with Crippen molar-refractivity contribution in [2.75, 3.05) is 19.0 Å². The third-order valence-corrected chi connectivity index (χ3v) is 16.8. The summed E-state index contributed by atoms with van der Waals surface area (Å²) in [7, 11) is -8.45. The molecule has 6 fully saturated rings. The minimum Gasteiger partial charge on any atom is -0.524 e. The molecular weight excluding hydrogens is 1620 g/mol. The van der Waals surface area contributed by atoms with Crippen LogP contribution < -0.4 is 4.74 Å². The zero-order valence-electron chi connectivity index (χ0n) is 63.7. The summed E-state index contributed by atoms with van der Waals surface area (Å²) >= 11 is 4.40. The summed E-state index contributed by atoms with van der Waals surface area (Å²) in [5.41, 5.74) is 1.49. The van der Waals surface area contributed by atoms with Crippen LogP contribution in [0.2, 0.25) is 0 Å². The number of imide groups is 1. The number of rotatable bonds is 16. The molecule has 6 saturated heterocycles. The van der Waals surface area contributed by atoms with E-state index in [1.54, 1.807) is 72.8 Å². The molecule has 7 aliphatic rings. The molecule has 0 spiro atoms. The van der Waals surface area contributed by atoms with Gasteiger partial charge in [-0.3, -0.25) is 71.9 Å². The quantitative estimate of drug-likeness (QED) is 0.0330. The topological polar surface area (TPSA) is 416 Å². The van der Waals surface area contributed by atoms with E-state index in [9.17, 15) is 71.9 Å². The van der Waals surface area contributed by atoms with Gasteiger partial charge in [-0.25, -0.2) is 0 Å². The predicted octanol–water partition coefficient (Wildman–Crippen LogP) is 13.7. The van der Waals surface area contributed by atoms with Gasteiger partial charge in [0.25, 0.3) is 47.6 Å². The van der Waals surface area contributed by atoms with Crippen molar-refractivity contribution in [2.24, 2.45) is 0 Å². The van der Waals surface area contributed by atoms with Gasteiger partial charge in [0.1, 0.15) is 19.0 Å². The number of para-hydroxylation sites is 1. The van der Waals surface area contributed by atoms with E-state index in [1.807, 2.05) is 31.2 Å². The van der Waals surface area contributed by atoms with E-state index < -0.39 is 126 Å². The molecule has 7 heterocycles. The first-order valence-electron chi connectivity index (χ1n) is 36.3. The van der Waals surface area contributed by atoms with Crippen LogP contribution in [0.3, 0.4) is 0 Å². The van der Waals surface area contributed by atoms with Crippen LogP contribution >= 0.6 is 27.7 Å². The molecule has 0 saturated carbocycles. The Labute approximate surface area is 687 Å². The molecule has 0 N–H and O–H groups in total. The number of amides is 2. The average molecular weight is 1700 g/mol. The second-order valence-corrected chi connectivity index (χ2v) is 27.1. The molecule has 612 valence electrons. The zero-order valence-corrected chi connectivity index (χ0v) is 66.1. The van der Waals surface area contributed by atoms with Crippen molar-refractivity contribution in [3.8, 4) is 5.75 Å². The van der Waals surface area contributed by atoms with E-state index in [0.29, 0.717) is 134 Å². The van der Waals surface area contributed by atoms with Gasteiger partial charge in [0, 0.05) is 87.1 Å². The first-order valence-corrected chi connectivity index (χ1v) is 38.1. The third kappa shape index (κ3) is 34.0. The molecule has 2 amide bonds. The second kappa shape index (κ2) is 49.5.